The van der Waals surface area contributed by atoms with Gasteiger partial charge < -0.3 is 5.11 Å². The fraction of sp³-hybridized carbons (Fsp3) is 0.571. The van der Waals surface area contributed by atoms with E-state index in [1.54, 1.807) is 0 Å². The van der Waals surface area contributed by atoms with Gasteiger partial charge >= 0.3 is 0 Å². The molecule has 1 atom stereocenters. The topological polar surface area (TPSA) is 20.2 Å². The molecule has 0 saturated carbocycles. The molecule has 0 bridgehead atoms. The van der Waals surface area contributed by atoms with Gasteiger partial charge in [-0.15, -0.1) is 0 Å². The lowest BCUT2D eigenvalue weighted by Gasteiger charge is -2.17. The molecule has 1 unspecified atom stereocenters. The molecule has 0 fully saturated rings. The van der Waals surface area contributed by atoms with Gasteiger partial charge in [-0.05, 0) is 36.0 Å². The molecule has 1 aromatic rings. The van der Waals surface area contributed by atoms with Crippen LogP contribution >= 0.6 is 11.6 Å². The van der Waals surface area contributed by atoms with Gasteiger partial charge in [0.15, 0.2) is 0 Å². The van der Waals surface area contributed by atoms with Gasteiger partial charge in [0.05, 0.1) is 0 Å². The van der Waals surface area contributed by atoms with E-state index in [0.717, 1.165) is 23.4 Å². The van der Waals surface area contributed by atoms with E-state index in [1.165, 1.54) is 5.56 Å². The second-order valence-corrected chi connectivity index (χ2v) is 4.79. The van der Waals surface area contributed by atoms with Crippen LogP contribution in [0.25, 0.3) is 0 Å². The van der Waals surface area contributed by atoms with E-state index < -0.39 is 0 Å². The van der Waals surface area contributed by atoms with Crippen LogP contribution in [0.4, 0.5) is 0 Å². The van der Waals surface area contributed by atoms with Crippen molar-refractivity contribution >= 4 is 11.6 Å². The highest BCUT2D eigenvalue weighted by Crippen LogP contribution is 2.31. The zero-order valence-corrected chi connectivity index (χ0v) is 11.1. The van der Waals surface area contributed by atoms with Crippen molar-refractivity contribution in [1.29, 1.82) is 0 Å². The maximum absolute atomic E-state index is 9.11. The molecular formula is C14H21ClO. The fourth-order valence-electron chi connectivity index (χ4n) is 2.01. The molecule has 0 amide bonds. The standard InChI is InChI=1S/C14H21ClO/c1-4-11(5-2)13-7-6-12(8-14(13)15)10(3)9-16/h6-8,10-11,16H,4-5,9H2,1-3H3. The number of rotatable bonds is 5. The van der Waals surface area contributed by atoms with Gasteiger partial charge in [0.25, 0.3) is 0 Å². The Bertz CT molecular complexity index is 332. The van der Waals surface area contributed by atoms with Crippen LogP contribution in [0.2, 0.25) is 5.02 Å². The molecule has 1 nitrogen and oxygen atoms in total. The highest BCUT2D eigenvalue weighted by Gasteiger charge is 2.13. The highest BCUT2D eigenvalue weighted by molar-refractivity contribution is 6.31. The first-order valence-electron chi connectivity index (χ1n) is 6.04. The van der Waals surface area contributed by atoms with Crippen molar-refractivity contribution in [3.63, 3.8) is 0 Å². The molecule has 0 saturated heterocycles. The first kappa shape index (κ1) is 13.5. The van der Waals surface area contributed by atoms with Gasteiger partial charge in [0, 0.05) is 17.5 Å². The lowest BCUT2D eigenvalue weighted by molar-refractivity contribution is 0.273. The highest BCUT2D eigenvalue weighted by atomic mass is 35.5. The number of hydrogen-bond donors (Lipinski definition) is 1. The van der Waals surface area contributed by atoms with Gasteiger partial charge in [-0.25, -0.2) is 0 Å². The summed E-state index contributed by atoms with van der Waals surface area (Å²) >= 11 is 6.30. The fourth-order valence-corrected chi connectivity index (χ4v) is 2.36. The van der Waals surface area contributed by atoms with Crippen LogP contribution in [-0.2, 0) is 0 Å². The summed E-state index contributed by atoms with van der Waals surface area (Å²) in [5.74, 6) is 0.708. The summed E-state index contributed by atoms with van der Waals surface area (Å²) in [5.41, 5.74) is 2.35. The second-order valence-electron chi connectivity index (χ2n) is 4.38. The van der Waals surface area contributed by atoms with E-state index in [4.69, 9.17) is 16.7 Å². The average Bonchev–Trinajstić information content (AvgIpc) is 2.31. The third-order valence-corrected chi connectivity index (χ3v) is 3.62. The largest absolute Gasteiger partial charge is 0.396 e. The number of hydrogen-bond acceptors (Lipinski definition) is 1. The minimum atomic E-state index is 0.160. The van der Waals surface area contributed by atoms with Crippen molar-refractivity contribution in [3.05, 3.63) is 34.3 Å². The zero-order chi connectivity index (χ0) is 12.1. The van der Waals surface area contributed by atoms with Crippen molar-refractivity contribution in [2.45, 2.75) is 45.4 Å². The lowest BCUT2D eigenvalue weighted by atomic mass is 9.91. The normalized spacial score (nSPS) is 13.1. The predicted octanol–water partition coefficient (Wildman–Crippen LogP) is 4.34. The summed E-state index contributed by atoms with van der Waals surface area (Å²) in [4.78, 5) is 0. The molecule has 0 radical (unpaired) electrons. The Balaban J connectivity index is 2.99. The van der Waals surface area contributed by atoms with Crippen LogP contribution in [0.1, 0.15) is 56.6 Å². The van der Waals surface area contributed by atoms with Gasteiger partial charge in [0.2, 0.25) is 0 Å². The monoisotopic (exact) mass is 240 g/mol. The number of halogens is 1. The van der Waals surface area contributed by atoms with E-state index in [-0.39, 0.29) is 12.5 Å². The molecule has 2 heteroatoms. The lowest BCUT2D eigenvalue weighted by Crippen LogP contribution is -2.01. The Hall–Kier alpha value is -0.530. The third kappa shape index (κ3) is 2.99. The quantitative estimate of drug-likeness (QED) is 0.812. The number of aliphatic hydroxyl groups is 1. The molecule has 16 heavy (non-hydrogen) atoms. The van der Waals surface area contributed by atoms with Crippen molar-refractivity contribution < 1.29 is 5.11 Å². The molecule has 90 valence electrons. The van der Waals surface area contributed by atoms with Gasteiger partial charge in [-0.2, -0.15) is 0 Å². The smallest absolute Gasteiger partial charge is 0.0497 e. The summed E-state index contributed by atoms with van der Waals surface area (Å²) in [6.07, 6.45) is 2.23. The van der Waals surface area contributed by atoms with Crippen LogP contribution in [-0.4, -0.2) is 11.7 Å². The number of benzene rings is 1. The van der Waals surface area contributed by atoms with E-state index in [0.29, 0.717) is 5.92 Å². The van der Waals surface area contributed by atoms with E-state index in [2.05, 4.69) is 26.0 Å². The van der Waals surface area contributed by atoms with Crippen LogP contribution in [0.15, 0.2) is 18.2 Å². The van der Waals surface area contributed by atoms with Crippen LogP contribution in [0.3, 0.4) is 0 Å². The first-order valence-corrected chi connectivity index (χ1v) is 6.41. The molecule has 1 aromatic carbocycles. The Morgan fingerprint density at radius 2 is 1.88 bits per heavy atom. The Labute approximate surface area is 103 Å². The molecule has 0 aromatic heterocycles. The van der Waals surface area contributed by atoms with Crippen molar-refractivity contribution in [2.24, 2.45) is 0 Å². The second kappa shape index (κ2) is 6.27. The molecular weight excluding hydrogens is 220 g/mol. The minimum absolute atomic E-state index is 0.160. The Morgan fingerprint density at radius 3 is 2.31 bits per heavy atom. The molecule has 0 heterocycles. The first-order chi connectivity index (χ1) is 7.63. The number of aliphatic hydroxyl groups excluding tert-OH is 1. The predicted molar refractivity (Wildman–Crippen MR) is 70.3 cm³/mol. The average molecular weight is 241 g/mol. The summed E-state index contributed by atoms with van der Waals surface area (Å²) in [7, 11) is 0. The minimum Gasteiger partial charge on any atom is -0.396 e. The van der Waals surface area contributed by atoms with E-state index in [9.17, 15) is 0 Å². The maximum atomic E-state index is 9.11. The van der Waals surface area contributed by atoms with E-state index in [1.807, 2.05) is 13.0 Å². The van der Waals surface area contributed by atoms with Crippen LogP contribution in [0.5, 0.6) is 0 Å². The van der Waals surface area contributed by atoms with Crippen molar-refractivity contribution in [3.8, 4) is 0 Å². The Morgan fingerprint density at radius 1 is 1.25 bits per heavy atom. The molecule has 0 aliphatic carbocycles. The van der Waals surface area contributed by atoms with Crippen molar-refractivity contribution in [2.75, 3.05) is 6.61 Å². The maximum Gasteiger partial charge on any atom is 0.0497 e. The summed E-state index contributed by atoms with van der Waals surface area (Å²) in [6, 6.07) is 6.19. The van der Waals surface area contributed by atoms with Crippen molar-refractivity contribution in [1.82, 2.24) is 0 Å². The van der Waals surface area contributed by atoms with Gasteiger partial charge in [-0.3, -0.25) is 0 Å². The van der Waals surface area contributed by atoms with E-state index >= 15 is 0 Å². The third-order valence-electron chi connectivity index (χ3n) is 3.29. The molecule has 0 aliphatic rings. The van der Waals surface area contributed by atoms with Crippen LogP contribution < -0.4 is 0 Å². The Kier molecular flexibility index (Phi) is 5.30. The molecule has 0 spiro atoms. The summed E-state index contributed by atoms with van der Waals surface area (Å²) in [5, 5.41) is 9.95. The van der Waals surface area contributed by atoms with Crippen LogP contribution in [0, 0.1) is 0 Å². The van der Waals surface area contributed by atoms with Gasteiger partial charge in [-0.1, -0.05) is 44.5 Å². The molecule has 1 N–H and O–H groups in total. The summed E-state index contributed by atoms with van der Waals surface area (Å²) < 4.78 is 0. The molecule has 0 aliphatic heterocycles. The van der Waals surface area contributed by atoms with Gasteiger partial charge in [0.1, 0.15) is 0 Å². The molecule has 1 rings (SSSR count). The SMILES string of the molecule is CCC(CC)c1ccc(C(C)CO)cc1Cl. The summed E-state index contributed by atoms with van der Waals surface area (Å²) in [6.45, 7) is 6.55. The zero-order valence-electron chi connectivity index (χ0n) is 10.3.